The van der Waals surface area contributed by atoms with Gasteiger partial charge in [-0.3, -0.25) is 0 Å². The highest BCUT2D eigenvalue weighted by atomic mass is 16.5. The number of benzene rings is 1. The average molecular weight is 272 g/mol. The van der Waals surface area contributed by atoms with E-state index in [4.69, 9.17) is 4.52 Å². The summed E-state index contributed by atoms with van der Waals surface area (Å²) in [6, 6.07) is 8.62. The molecule has 0 amide bonds. The average Bonchev–Trinajstić information content (AvgIpc) is 2.93. The van der Waals surface area contributed by atoms with E-state index >= 15 is 0 Å². The lowest BCUT2D eigenvalue weighted by molar-refractivity contribution is 0.317. The standard InChI is InChI=1S/C15H20N4O/c1-19(2)8-7-14-17-15(20-18-14)13-9-11-5-3-4-6-12(11)10-16-13/h3-6,13,16H,7-10H2,1-2H3/t13-/m0/s1. The first-order valence-electron chi connectivity index (χ1n) is 7.00. The van der Waals surface area contributed by atoms with Crippen LogP contribution >= 0.6 is 0 Å². The van der Waals surface area contributed by atoms with Crippen LogP contribution in [0.2, 0.25) is 0 Å². The zero-order valence-corrected chi connectivity index (χ0v) is 12.0. The fourth-order valence-corrected chi connectivity index (χ4v) is 2.46. The molecule has 20 heavy (non-hydrogen) atoms. The number of nitrogens with one attached hydrogen (secondary N) is 1. The van der Waals surface area contributed by atoms with Crippen LogP contribution in [0.4, 0.5) is 0 Å². The number of rotatable bonds is 4. The van der Waals surface area contributed by atoms with Crippen LogP contribution in [-0.2, 0) is 19.4 Å². The largest absolute Gasteiger partial charge is 0.338 e. The Morgan fingerprint density at radius 2 is 2.10 bits per heavy atom. The summed E-state index contributed by atoms with van der Waals surface area (Å²) in [6.45, 7) is 1.79. The molecule has 1 aromatic carbocycles. The number of aromatic nitrogens is 2. The van der Waals surface area contributed by atoms with Gasteiger partial charge in [-0.05, 0) is 31.6 Å². The second kappa shape index (κ2) is 5.73. The van der Waals surface area contributed by atoms with Gasteiger partial charge in [-0.15, -0.1) is 0 Å². The van der Waals surface area contributed by atoms with E-state index in [0.717, 1.165) is 31.8 Å². The molecular weight excluding hydrogens is 252 g/mol. The summed E-state index contributed by atoms with van der Waals surface area (Å²) < 4.78 is 5.41. The van der Waals surface area contributed by atoms with Gasteiger partial charge < -0.3 is 14.7 Å². The van der Waals surface area contributed by atoms with Gasteiger partial charge in [0.2, 0.25) is 5.89 Å². The van der Waals surface area contributed by atoms with E-state index in [9.17, 15) is 0 Å². The van der Waals surface area contributed by atoms with Gasteiger partial charge >= 0.3 is 0 Å². The van der Waals surface area contributed by atoms with Crippen molar-refractivity contribution in [2.45, 2.75) is 25.4 Å². The van der Waals surface area contributed by atoms with E-state index in [1.165, 1.54) is 11.1 Å². The first-order chi connectivity index (χ1) is 9.72. The third kappa shape index (κ3) is 2.89. The Morgan fingerprint density at radius 3 is 2.90 bits per heavy atom. The Balaban J connectivity index is 1.69. The summed E-state index contributed by atoms with van der Waals surface area (Å²) in [5, 5.41) is 7.53. The summed E-state index contributed by atoms with van der Waals surface area (Å²) >= 11 is 0. The van der Waals surface area contributed by atoms with E-state index in [0.29, 0.717) is 5.89 Å². The van der Waals surface area contributed by atoms with Crippen LogP contribution < -0.4 is 5.32 Å². The smallest absolute Gasteiger partial charge is 0.244 e. The molecule has 2 heterocycles. The van der Waals surface area contributed by atoms with Crippen LogP contribution in [0.5, 0.6) is 0 Å². The number of likely N-dealkylation sites (N-methyl/N-ethyl adjacent to an activating group) is 1. The van der Waals surface area contributed by atoms with Crippen LogP contribution in [0.3, 0.4) is 0 Å². The Bertz CT molecular complexity index is 579. The maximum absolute atomic E-state index is 5.41. The molecule has 5 heteroatoms. The first kappa shape index (κ1) is 13.3. The van der Waals surface area contributed by atoms with E-state index < -0.39 is 0 Å². The zero-order valence-electron chi connectivity index (χ0n) is 12.0. The Labute approximate surface area is 119 Å². The maximum atomic E-state index is 5.41. The molecule has 3 rings (SSSR count). The van der Waals surface area contributed by atoms with Gasteiger partial charge in [0.05, 0.1) is 6.04 Å². The van der Waals surface area contributed by atoms with Crippen LogP contribution in [0.1, 0.15) is 28.9 Å². The molecule has 0 unspecified atom stereocenters. The molecule has 0 spiro atoms. The van der Waals surface area contributed by atoms with E-state index in [1.807, 2.05) is 14.1 Å². The topological polar surface area (TPSA) is 54.2 Å². The number of nitrogens with zero attached hydrogens (tertiary/aromatic N) is 3. The van der Waals surface area contributed by atoms with Crippen molar-refractivity contribution in [3.05, 3.63) is 47.1 Å². The van der Waals surface area contributed by atoms with E-state index in [2.05, 4.69) is 44.6 Å². The molecule has 0 saturated heterocycles. The first-order valence-corrected chi connectivity index (χ1v) is 7.00. The van der Waals surface area contributed by atoms with Crippen LogP contribution in [0.15, 0.2) is 28.8 Å². The van der Waals surface area contributed by atoms with Gasteiger partial charge in [-0.1, -0.05) is 29.4 Å². The van der Waals surface area contributed by atoms with Crippen molar-refractivity contribution >= 4 is 0 Å². The minimum atomic E-state index is 0.130. The third-order valence-electron chi connectivity index (χ3n) is 3.65. The molecule has 0 aliphatic carbocycles. The third-order valence-corrected chi connectivity index (χ3v) is 3.65. The second-order valence-electron chi connectivity index (χ2n) is 5.51. The quantitative estimate of drug-likeness (QED) is 0.915. The summed E-state index contributed by atoms with van der Waals surface area (Å²) in [7, 11) is 4.08. The fourth-order valence-electron chi connectivity index (χ4n) is 2.46. The molecule has 106 valence electrons. The minimum absolute atomic E-state index is 0.130. The van der Waals surface area contributed by atoms with Crippen molar-refractivity contribution < 1.29 is 4.52 Å². The summed E-state index contributed by atoms with van der Waals surface area (Å²) in [5.74, 6) is 1.49. The summed E-state index contributed by atoms with van der Waals surface area (Å²) in [6.07, 6.45) is 1.73. The molecule has 0 radical (unpaired) electrons. The summed E-state index contributed by atoms with van der Waals surface area (Å²) in [4.78, 5) is 6.63. The number of fused-ring (bicyclic) bond motifs is 1. The molecule has 0 fully saturated rings. The highest BCUT2D eigenvalue weighted by Gasteiger charge is 2.23. The Hall–Kier alpha value is -1.72. The molecular formula is C15H20N4O. The SMILES string of the molecule is CN(C)CCc1noc([C@@H]2Cc3ccccc3CN2)n1. The molecule has 0 saturated carbocycles. The van der Waals surface area contributed by atoms with Gasteiger partial charge in [0, 0.05) is 19.5 Å². The fraction of sp³-hybridized carbons (Fsp3) is 0.467. The molecule has 2 aromatic rings. The molecule has 1 atom stereocenters. The van der Waals surface area contributed by atoms with Crippen molar-refractivity contribution in [1.82, 2.24) is 20.4 Å². The van der Waals surface area contributed by atoms with Crippen molar-refractivity contribution in [1.29, 1.82) is 0 Å². The van der Waals surface area contributed by atoms with Crippen LogP contribution in [0.25, 0.3) is 0 Å². The van der Waals surface area contributed by atoms with Crippen LogP contribution in [0, 0.1) is 0 Å². The maximum Gasteiger partial charge on any atom is 0.244 e. The van der Waals surface area contributed by atoms with E-state index in [1.54, 1.807) is 0 Å². The van der Waals surface area contributed by atoms with Gasteiger partial charge in [0.25, 0.3) is 0 Å². The highest BCUT2D eigenvalue weighted by Crippen LogP contribution is 2.24. The minimum Gasteiger partial charge on any atom is -0.338 e. The lowest BCUT2D eigenvalue weighted by Gasteiger charge is -2.23. The Morgan fingerprint density at radius 1 is 1.30 bits per heavy atom. The predicted octanol–water partition coefficient (Wildman–Crippen LogP) is 1.56. The second-order valence-corrected chi connectivity index (χ2v) is 5.51. The molecule has 0 bridgehead atoms. The number of hydrogen-bond donors (Lipinski definition) is 1. The predicted molar refractivity (Wildman–Crippen MR) is 76.3 cm³/mol. The summed E-state index contributed by atoms with van der Waals surface area (Å²) in [5.41, 5.74) is 2.72. The molecule has 5 nitrogen and oxygen atoms in total. The normalized spacial score (nSPS) is 18.2. The van der Waals surface area contributed by atoms with Gasteiger partial charge in [-0.25, -0.2) is 0 Å². The van der Waals surface area contributed by atoms with Crippen molar-refractivity contribution in [2.75, 3.05) is 20.6 Å². The molecule has 1 aliphatic heterocycles. The van der Waals surface area contributed by atoms with Crippen molar-refractivity contribution in [3.63, 3.8) is 0 Å². The lowest BCUT2D eigenvalue weighted by Crippen LogP contribution is -2.28. The molecule has 1 N–H and O–H groups in total. The van der Waals surface area contributed by atoms with Crippen molar-refractivity contribution in [2.24, 2.45) is 0 Å². The number of hydrogen-bond acceptors (Lipinski definition) is 5. The van der Waals surface area contributed by atoms with E-state index in [-0.39, 0.29) is 6.04 Å². The van der Waals surface area contributed by atoms with Crippen molar-refractivity contribution in [3.8, 4) is 0 Å². The highest BCUT2D eigenvalue weighted by molar-refractivity contribution is 5.30. The van der Waals surface area contributed by atoms with Gasteiger partial charge in [-0.2, -0.15) is 4.98 Å². The monoisotopic (exact) mass is 272 g/mol. The van der Waals surface area contributed by atoms with Gasteiger partial charge in [0.15, 0.2) is 5.82 Å². The molecule has 1 aliphatic rings. The lowest BCUT2D eigenvalue weighted by atomic mass is 9.96. The zero-order chi connectivity index (χ0) is 13.9. The van der Waals surface area contributed by atoms with Crippen LogP contribution in [-0.4, -0.2) is 35.7 Å². The Kier molecular flexibility index (Phi) is 3.80. The van der Waals surface area contributed by atoms with Gasteiger partial charge in [0.1, 0.15) is 0 Å². The molecule has 1 aromatic heterocycles.